The molecule has 0 bridgehead atoms. The van der Waals surface area contributed by atoms with Crippen LogP contribution in [-0.4, -0.2) is 29.0 Å². The molecular weight excluding hydrogens is 134 g/mol. The predicted molar refractivity (Wildman–Crippen MR) is 35.1 cm³/mol. The Morgan fingerprint density at radius 3 is 3.10 bits per heavy atom. The number of aliphatic carboxylic acids is 1. The standard InChI is InChI=1S/C5H7N3O2/c9-5(10)4-8-6-2-1-3-7-8/h1-3,6H,4H2,(H,9,10). The lowest BCUT2D eigenvalue weighted by Gasteiger charge is -2.17. The molecule has 0 amide bonds. The molecule has 0 aliphatic carbocycles. The molecule has 0 aromatic heterocycles. The van der Waals surface area contributed by atoms with E-state index < -0.39 is 5.97 Å². The van der Waals surface area contributed by atoms with Gasteiger partial charge in [0.15, 0.2) is 6.54 Å². The lowest BCUT2D eigenvalue weighted by atomic mass is 10.6. The zero-order chi connectivity index (χ0) is 7.40. The summed E-state index contributed by atoms with van der Waals surface area (Å²) in [7, 11) is 0. The van der Waals surface area contributed by atoms with Gasteiger partial charge in [0.05, 0.1) is 6.21 Å². The fourth-order valence-electron chi connectivity index (χ4n) is 0.539. The molecule has 0 unspecified atom stereocenters. The second-order valence-corrected chi connectivity index (χ2v) is 1.70. The van der Waals surface area contributed by atoms with Crippen molar-refractivity contribution in [2.75, 3.05) is 6.54 Å². The number of hydrogen-bond acceptors (Lipinski definition) is 4. The second-order valence-electron chi connectivity index (χ2n) is 1.70. The van der Waals surface area contributed by atoms with Gasteiger partial charge in [-0.25, -0.2) is 0 Å². The van der Waals surface area contributed by atoms with E-state index in [0.29, 0.717) is 0 Å². The maximum Gasteiger partial charge on any atom is 0.327 e. The van der Waals surface area contributed by atoms with E-state index in [0.717, 1.165) is 0 Å². The number of carbonyl (C=O) groups is 1. The van der Waals surface area contributed by atoms with E-state index in [4.69, 9.17) is 5.11 Å². The van der Waals surface area contributed by atoms with Crippen LogP contribution in [0.2, 0.25) is 0 Å². The Hall–Kier alpha value is -1.52. The molecule has 5 nitrogen and oxygen atoms in total. The number of hydrazone groups is 1. The minimum Gasteiger partial charge on any atom is -0.480 e. The smallest absolute Gasteiger partial charge is 0.327 e. The Balaban J connectivity index is 2.37. The normalized spacial score (nSPS) is 15.0. The summed E-state index contributed by atoms with van der Waals surface area (Å²) < 4.78 is 0. The summed E-state index contributed by atoms with van der Waals surface area (Å²) in [5.41, 5.74) is 2.62. The van der Waals surface area contributed by atoms with Crippen LogP contribution < -0.4 is 5.43 Å². The molecule has 1 rings (SSSR count). The van der Waals surface area contributed by atoms with Gasteiger partial charge in [-0.05, 0) is 6.08 Å². The third-order valence-corrected chi connectivity index (χ3v) is 0.897. The zero-order valence-corrected chi connectivity index (χ0v) is 5.19. The van der Waals surface area contributed by atoms with Crippen molar-refractivity contribution in [3.8, 4) is 0 Å². The number of rotatable bonds is 2. The average Bonchev–Trinajstić information content (AvgIpc) is 1.88. The maximum absolute atomic E-state index is 10.1. The quantitative estimate of drug-likeness (QED) is 0.538. The molecule has 2 N–H and O–H groups in total. The minimum absolute atomic E-state index is 0.138. The SMILES string of the molecule is O=C(O)CN1N=CC=CN1. The molecular formula is C5H7N3O2. The molecule has 0 aromatic carbocycles. The first-order chi connectivity index (χ1) is 4.79. The first kappa shape index (κ1) is 6.60. The van der Waals surface area contributed by atoms with Crippen LogP contribution in [0.4, 0.5) is 0 Å². The summed E-state index contributed by atoms with van der Waals surface area (Å²) in [5.74, 6) is -0.917. The highest BCUT2D eigenvalue weighted by molar-refractivity contribution is 5.72. The summed E-state index contributed by atoms with van der Waals surface area (Å²) in [6, 6.07) is 0. The highest BCUT2D eigenvalue weighted by atomic mass is 16.4. The fraction of sp³-hybridized carbons (Fsp3) is 0.200. The highest BCUT2D eigenvalue weighted by Crippen LogP contribution is 1.87. The number of hydrogen-bond donors (Lipinski definition) is 2. The van der Waals surface area contributed by atoms with E-state index in [1.165, 1.54) is 11.3 Å². The number of allylic oxidation sites excluding steroid dienone is 1. The van der Waals surface area contributed by atoms with Crippen molar-refractivity contribution in [1.82, 2.24) is 10.5 Å². The van der Waals surface area contributed by atoms with Gasteiger partial charge in [0.2, 0.25) is 0 Å². The Bertz CT molecular complexity index is 187. The molecule has 1 aliphatic rings. The molecule has 1 aliphatic heterocycles. The second kappa shape index (κ2) is 2.86. The van der Waals surface area contributed by atoms with Gasteiger partial charge in [0.25, 0.3) is 0 Å². The summed E-state index contributed by atoms with van der Waals surface area (Å²) in [6.07, 6.45) is 4.80. The van der Waals surface area contributed by atoms with Crippen molar-refractivity contribution >= 4 is 12.2 Å². The van der Waals surface area contributed by atoms with E-state index >= 15 is 0 Å². The molecule has 0 aromatic rings. The number of nitrogens with one attached hydrogen (secondary N) is 1. The Morgan fingerprint density at radius 2 is 2.60 bits per heavy atom. The number of carboxylic acids is 1. The van der Waals surface area contributed by atoms with Gasteiger partial charge < -0.3 is 5.11 Å². The fourth-order valence-corrected chi connectivity index (χ4v) is 0.539. The highest BCUT2D eigenvalue weighted by Gasteiger charge is 2.04. The maximum atomic E-state index is 10.1. The van der Waals surface area contributed by atoms with Crippen LogP contribution >= 0.6 is 0 Å². The topological polar surface area (TPSA) is 64.9 Å². The van der Waals surface area contributed by atoms with Crippen molar-refractivity contribution in [3.63, 3.8) is 0 Å². The summed E-state index contributed by atoms with van der Waals surface area (Å²) in [6.45, 7) is -0.138. The molecule has 10 heavy (non-hydrogen) atoms. The van der Waals surface area contributed by atoms with Crippen LogP contribution in [0, 0.1) is 0 Å². The average molecular weight is 141 g/mol. The van der Waals surface area contributed by atoms with Crippen LogP contribution in [0.1, 0.15) is 0 Å². The van der Waals surface area contributed by atoms with Crippen LogP contribution in [0.25, 0.3) is 0 Å². The van der Waals surface area contributed by atoms with Crippen LogP contribution in [0.15, 0.2) is 17.4 Å². The first-order valence-electron chi connectivity index (χ1n) is 2.73. The van der Waals surface area contributed by atoms with Gasteiger partial charge in [0.1, 0.15) is 0 Å². The molecule has 5 heteroatoms. The number of nitrogens with zero attached hydrogens (tertiary/aromatic N) is 2. The molecule has 0 saturated heterocycles. The molecule has 0 radical (unpaired) electrons. The lowest BCUT2D eigenvalue weighted by molar-refractivity contribution is -0.138. The van der Waals surface area contributed by atoms with Crippen molar-refractivity contribution in [2.24, 2.45) is 5.10 Å². The van der Waals surface area contributed by atoms with Gasteiger partial charge in [-0.3, -0.25) is 10.2 Å². The Labute approximate surface area is 57.6 Å². The third-order valence-electron chi connectivity index (χ3n) is 0.897. The van der Waals surface area contributed by atoms with E-state index in [1.807, 2.05) is 0 Å². The van der Waals surface area contributed by atoms with Crippen molar-refractivity contribution in [2.45, 2.75) is 0 Å². The van der Waals surface area contributed by atoms with Gasteiger partial charge in [-0.2, -0.15) is 10.2 Å². The van der Waals surface area contributed by atoms with E-state index in [2.05, 4.69) is 10.5 Å². The monoisotopic (exact) mass is 141 g/mol. The minimum atomic E-state index is -0.917. The van der Waals surface area contributed by atoms with Crippen LogP contribution in [-0.2, 0) is 4.79 Å². The van der Waals surface area contributed by atoms with Gasteiger partial charge in [-0.15, -0.1) is 0 Å². The molecule has 54 valence electrons. The summed E-state index contributed by atoms with van der Waals surface area (Å²) >= 11 is 0. The predicted octanol–water partition coefficient (Wildman–Crippen LogP) is -0.609. The molecule has 0 saturated carbocycles. The molecule has 0 atom stereocenters. The number of carboxylic acid groups (broad SMARTS) is 1. The molecule has 0 fully saturated rings. The largest absolute Gasteiger partial charge is 0.480 e. The third kappa shape index (κ3) is 1.77. The van der Waals surface area contributed by atoms with Crippen LogP contribution in [0.3, 0.4) is 0 Å². The Kier molecular flexibility index (Phi) is 1.89. The summed E-state index contributed by atoms with van der Waals surface area (Å²) in [5, 5.41) is 13.2. The van der Waals surface area contributed by atoms with Crippen molar-refractivity contribution in [3.05, 3.63) is 12.3 Å². The lowest BCUT2D eigenvalue weighted by Crippen LogP contribution is -2.35. The van der Waals surface area contributed by atoms with Crippen molar-refractivity contribution in [1.29, 1.82) is 0 Å². The van der Waals surface area contributed by atoms with Gasteiger partial charge in [-0.1, -0.05) is 0 Å². The summed E-state index contributed by atoms with van der Waals surface area (Å²) in [4.78, 5) is 10.1. The van der Waals surface area contributed by atoms with Gasteiger partial charge in [0, 0.05) is 6.20 Å². The van der Waals surface area contributed by atoms with Crippen molar-refractivity contribution < 1.29 is 9.90 Å². The molecule has 1 heterocycles. The first-order valence-corrected chi connectivity index (χ1v) is 2.73. The van der Waals surface area contributed by atoms with E-state index in [1.54, 1.807) is 12.3 Å². The Morgan fingerprint density at radius 1 is 1.80 bits per heavy atom. The number of hydrazine groups is 1. The van der Waals surface area contributed by atoms with E-state index in [-0.39, 0.29) is 6.54 Å². The zero-order valence-electron chi connectivity index (χ0n) is 5.19. The van der Waals surface area contributed by atoms with E-state index in [9.17, 15) is 4.79 Å². The molecule has 0 spiro atoms. The van der Waals surface area contributed by atoms with Crippen LogP contribution in [0.5, 0.6) is 0 Å². The van der Waals surface area contributed by atoms with Gasteiger partial charge >= 0.3 is 5.97 Å².